The van der Waals surface area contributed by atoms with E-state index in [9.17, 15) is 5.11 Å². The Morgan fingerprint density at radius 2 is 1.86 bits per heavy atom. The van der Waals surface area contributed by atoms with E-state index in [2.05, 4.69) is 66.8 Å². The number of aryl methyl sites for hydroxylation is 2. The van der Waals surface area contributed by atoms with Gasteiger partial charge in [0.05, 0.1) is 4.90 Å². The Hall–Kier alpha value is -0.680. The molecule has 22 heavy (non-hydrogen) atoms. The summed E-state index contributed by atoms with van der Waals surface area (Å²) >= 11 is 3.99. The summed E-state index contributed by atoms with van der Waals surface area (Å²) in [7, 11) is 0. The number of rotatable bonds is 6. The van der Waals surface area contributed by atoms with Crippen LogP contribution in [0.4, 0.5) is 0 Å². The van der Waals surface area contributed by atoms with Crippen LogP contribution in [0.2, 0.25) is 0 Å². The quantitative estimate of drug-likeness (QED) is 0.537. The lowest BCUT2D eigenvalue weighted by molar-refractivity contribution is 0.461. The van der Waals surface area contributed by atoms with Crippen LogP contribution < -0.4 is 0 Å². The zero-order valence-electron chi connectivity index (χ0n) is 13.4. The van der Waals surface area contributed by atoms with E-state index in [4.69, 9.17) is 0 Å². The number of halogens is 1. The lowest BCUT2D eigenvalue weighted by Crippen LogP contribution is -1.93. The number of hydrogen-bond acceptors (Lipinski definition) is 2. The predicted molar refractivity (Wildman–Crippen MR) is 104 cm³/mol. The van der Waals surface area contributed by atoms with E-state index in [1.54, 1.807) is 11.8 Å². The second kappa shape index (κ2) is 8.25. The van der Waals surface area contributed by atoms with Crippen LogP contribution in [0.1, 0.15) is 37.8 Å². The minimum atomic E-state index is 0.375. The maximum absolute atomic E-state index is 10.2. The number of phenolic OH excluding ortho intramolecular Hbond substituents is 1. The number of aromatic hydroxyl groups is 1. The van der Waals surface area contributed by atoms with Gasteiger partial charge in [-0.2, -0.15) is 0 Å². The van der Waals surface area contributed by atoms with Crippen LogP contribution in [0.25, 0.3) is 0 Å². The van der Waals surface area contributed by atoms with E-state index in [1.165, 1.54) is 26.9 Å². The van der Waals surface area contributed by atoms with E-state index in [0.717, 1.165) is 22.8 Å². The summed E-state index contributed by atoms with van der Waals surface area (Å²) in [6.07, 6.45) is 3.57. The average molecular weight is 426 g/mol. The van der Waals surface area contributed by atoms with Crippen molar-refractivity contribution in [3.8, 4) is 5.75 Å². The smallest absolute Gasteiger partial charge is 0.129 e. The van der Waals surface area contributed by atoms with Crippen molar-refractivity contribution in [1.29, 1.82) is 0 Å². The first kappa shape index (κ1) is 17.7. The monoisotopic (exact) mass is 426 g/mol. The molecule has 0 amide bonds. The molecule has 0 unspecified atom stereocenters. The van der Waals surface area contributed by atoms with Crippen LogP contribution >= 0.6 is 34.4 Å². The fourth-order valence-corrected chi connectivity index (χ4v) is 4.06. The Balaban J connectivity index is 2.17. The van der Waals surface area contributed by atoms with Gasteiger partial charge in [-0.1, -0.05) is 50.2 Å². The normalized spacial score (nSPS) is 11.1. The fourth-order valence-electron chi connectivity index (χ4n) is 2.36. The molecule has 1 N–H and O–H groups in total. The molecule has 0 aliphatic carbocycles. The van der Waals surface area contributed by atoms with E-state index in [-0.39, 0.29) is 0 Å². The second-order valence-electron chi connectivity index (χ2n) is 6.06. The Morgan fingerprint density at radius 3 is 2.59 bits per heavy atom. The van der Waals surface area contributed by atoms with Gasteiger partial charge in [0.25, 0.3) is 0 Å². The first-order valence-electron chi connectivity index (χ1n) is 7.72. The summed E-state index contributed by atoms with van der Waals surface area (Å²) in [5, 5.41) is 10.2. The van der Waals surface area contributed by atoms with E-state index >= 15 is 0 Å². The van der Waals surface area contributed by atoms with Crippen molar-refractivity contribution in [3.63, 3.8) is 0 Å². The van der Waals surface area contributed by atoms with Gasteiger partial charge in [-0.15, -0.1) is 0 Å². The predicted octanol–water partition coefficient (Wildman–Crippen LogP) is 6.44. The highest BCUT2D eigenvalue weighted by molar-refractivity contribution is 14.1. The molecule has 0 aliphatic heterocycles. The number of hydrogen-bond donors (Lipinski definition) is 1. The van der Waals surface area contributed by atoms with Crippen molar-refractivity contribution in [2.45, 2.75) is 49.8 Å². The number of phenols is 1. The van der Waals surface area contributed by atoms with Gasteiger partial charge in [-0.25, -0.2) is 0 Å². The van der Waals surface area contributed by atoms with Crippen LogP contribution in [-0.4, -0.2) is 5.11 Å². The molecule has 0 aromatic heterocycles. The third-order valence-electron chi connectivity index (χ3n) is 3.66. The molecular weight excluding hydrogens is 403 g/mol. The van der Waals surface area contributed by atoms with Crippen LogP contribution in [0.3, 0.4) is 0 Å². The summed E-state index contributed by atoms with van der Waals surface area (Å²) in [5.74, 6) is 1.13. The van der Waals surface area contributed by atoms with Crippen LogP contribution in [0.15, 0.2) is 46.2 Å². The van der Waals surface area contributed by atoms with Gasteiger partial charge in [-0.3, -0.25) is 0 Å². The zero-order chi connectivity index (χ0) is 16.1. The summed E-state index contributed by atoms with van der Waals surface area (Å²) in [4.78, 5) is 2.19. The zero-order valence-corrected chi connectivity index (χ0v) is 16.4. The summed E-state index contributed by atoms with van der Waals surface area (Å²) in [6, 6.07) is 12.5. The molecule has 2 aromatic carbocycles. The minimum Gasteiger partial charge on any atom is -0.507 e. The SMILES string of the molecule is Cc1cc(O)c(Sc2ccccc2CCCC(C)C)cc1I. The Morgan fingerprint density at radius 1 is 1.14 bits per heavy atom. The summed E-state index contributed by atoms with van der Waals surface area (Å²) < 4.78 is 1.19. The van der Waals surface area contributed by atoms with Gasteiger partial charge >= 0.3 is 0 Å². The standard InChI is InChI=1S/C19H23IOS/c1-13(2)7-6-9-15-8-4-5-10-18(15)22-19-12-16(20)14(3)11-17(19)21/h4-5,8,10-13,21H,6-7,9H2,1-3H3. The van der Waals surface area contributed by atoms with Crippen molar-refractivity contribution in [2.75, 3.05) is 0 Å². The molecule has 0 atom stereocenters. The van der Waals surface area contributed by atoms with Gasteiger partial charge in [0.2, 0.25) is 0 Å². The lowest BCUT2D eigenvalue weighted by atomic mass is 10.0. The largest absolute Gasteiger partial charge is 0.507 e. The number of benzene rings is 2. The molecule has 2 rings (SSSR count). The molecule has 0 spiro atoms. The maximum atomic E-state index is 10.2. The van der Waals surface area contributed by atoms with Crippen LogP contribution in [-0.2, 0) is 6.42 Å². The first-order valence-corrected chi connectivity index (χ1v) is 9.61. The Kier molecular flexibility index (Phi) is 6.63. The topological polar surface area (TPSA) is 20.2 Å². The van der Waals surface area contributed by atoms with Gasteiger partial charge in [0.1, 0.15) is 5.75 Å². The van der Waals surface area contributed by atoms with E-state index < -0.39 is 0 Å². The molecule has 2 aromatic rings. The Bertz CT molecular complexity index is 637. The molecule has 0 saturated heterocycles. The van der Waals surface area contributed by atoms with Crippen LogP contribution in [0.5, 0.6) is 5.75 Å². The summed E-state index contributed by atoms with van der Waals surface area (Å²) in [5.41, 5.74) is 2.50. The molecule has 1 nitrogen and oxygen atoms in total. The molecule has 3 heteroatoms. The van der Waals surface area contributed by atoms with Gasteiger partial charge < -0.3 is 5.11 Å². The molecule has 0 bridgehead atoms. The van der Waals surface area contributed by atoms with E-state index in [0.29, 0.717) is 5.75 Å². The molecule has 0 aliphatic rings. The molecule has 0 saturated carbocycles. The molecule has 0 radical (unpaired) electrons. The van der Waals surface area contributed by atoms with Crippen molar-refractivity contribution in [1.82, 2.24) is 0 Å². The van der Waals surface area contributed by atoms with Crippen LogP contribution in [0, 0.1) is 16.4 Å². The third kappa shape index (κ3) is 4.92. The first-order chi connectivity index (χ1) is 10.5. The van der Waals surface area contributed by atoms with Crippen molar-refractivity contribution >= 4 is 34.4 Å². The minimum absolute atomic E-state index is 0.375. The highest BCUT2D eigenvalue weighted by atomic mass is 127. The highest BCUT2D eigenvalue weighted by Crippen LogP contribution is 2.38. The van der Waals surface area contributed by atoms with Crippen molar-refractivity contribution in [2.24, 2.45) is 5.92 Å². The average Bonchev–Trinajstić information content (AvgIpc) is 2.46. The third-order valence-corrected chi connectivity index (χ3v) is 5.99. The lowest BCUT2D eigenvalue weighted by Gasteiger charge is -2.12. The highest BCUT2D eigenvalue weighted by Gasteiger charge is 2.10. The molecule has 118 valence electrons. The van der Waals surface area contributed by atoms with Gasteiger partial charge in [-0.05, 0) is 77.6 Å². The molecular formula is C19H23IOS. The second-order valence-corrected chi connectivity index (χ2v) is 8.31. The van der Waals surface area contributed by atoms with E-state index in [1.807, 2.05) is 13.0 Å². The van der Waals surface area contributed by atoms with Gasteiger partial charge in [0.15, 0.2) is 0 Å². The molecule has 0 heterocycles. The fraction of sp³-hybridized carbons (Fsp3) is 0.368. The van der Waals surface area contributed by atoms with Crippen molar-refractivity contribution in [3.05, 3.63) is 51.1 Å². The van der Waals surface area contributed by atoms with Gasteiger partial charge in [0, 0.05) is 8.47 Å². The Labute approximate surface area is 151 Å². The van der Waals surface area contributed by atoms with Crippen molar-refractivity contribution < 1.29 is 5.11 Å². The maximum Gasteiger partial charge on any atom is 0.129 e. The molecule has 0 fully saturated rings. The summed E-state index contributed by atoms with van der Waals surface area (Å²) in [6.45, 7) is 6.57.